The molecule has 0 bridgehead atoms. The second-order valence-corrected chi connectivity index (χ2v) is 4.71. The molecule has 0 aliphatic rings. The summed E-state index contributed by atoms with van der Waals surface area (Å²) in [6, 6.07) is 4.09. The maximum absolute atomic E-state index is 12.2. The normalized spacial score (nSPS) is 11.9. The van der Waals surface area contributed by atoms with Crippen LogP contribution in [0.1, 0.15) is 30.1 Å². The molecule has 0 heterocycles. The maximum atomic E-state index is 12.2. The molecular formula is C13H17ClN2O4. The van der Waals surface area contributed by atoms with Crippen molar-refractivity contribution in [3.05, 3.63) is 38.9 Å². The molecule has 1 aromatic carbocycles. The molecule has 1 unspecified atom stereocenters. The second-order valence-electron chi connectivity index (χ2n) is 4.31. The summed E-state index contributed by atoms with van der Waals surface area (Å²) in [5.41, 5.74) is -0.418. The third kappa shape index (κ3) is 4.18. The van der Waals surface area contributed by atoms with Gasteiger partial charge in [-0.15, -0.1) is 0 Å². The SMILES string of the molecule is CCCC(COC)NC(=O)c1cccc(Cl)c1[N+](=O)[O-]. The summed E-state index contributed by atoms with van der Waals surface area (Å²) in [5.74, 6) is -0.519. The lowest BCUT2D eigenvalue weighted by atomic mass is 10.1. The van der Waals surface area contributed by atoms with E-state index in [4.69, 9.17) is 16.3 Å². The minimum atomic E-state index is -0.650. The van der Waals surface area contributed by atoms with Crippen LogP contribution in [0.15, 0.2) is 18.2 Å². The van der Waals surface area contributed by atoms with Crippen LogP contribution in [0.5, 0.6) is 0 Å². The summed E-state index contributed by atoms with van der Waals surface area (Å²) in [6.07, 6.45) is 1.60. The van der Waals surface area contributed by atoms with Crippen molar-refractivity contribution >= 4 is 23.2 Å². The zero-order valence-electron chi connectivity index (χ0n) is 11.4. The fraction of sp³-hybridized carbons (Fsp3) is 0.462. The van der Waals surface area contributed by atoms with Gasteiger partial charge in [0.2, 0.25) is 0 Å². The molecule has 7 heteroatoms. The molecule has 110 valence electrons. The summed E-state index contributed by atoms with van der Waals surface area (Å²) < 4.78 is 5.02. The van der Waals surface area contributed by atoms with Crippen molar-refractivity contribution < 1.29 is 14.5 Å². The number of carbonyl (C=O) groups excluding carboxylic acids is 1. The highest BCUT2D eigenvalue weighted by atomic mass is 35.5. The van der Waals surface area contributed by atoms with Gasteiger partial charge in [0.1, 0.15) is 10.6 Å². The number of amides is 1. The zero-order valence-corrected chi connectivity index (χ0v) is 12.1. The molecule has 1 amide bonds. The Labute approximate surface area is 122 Å². The van der Waals surface area contributed by atoms with Gasteiger partial charge in [-0.3, -0.25) is 14.9 Å². The van der Waals surface area contributed by atoms with E-state index in [2.05, 4.69) is 5.32 Å². The number of carbonyl (C=O) groups is 1. The van der Waals surface area contributed by atoms with Gasteiger partial charge in [0, 0.05) is 7.11 Å². The topological polar surface area (TPSA) is 81.5 Å². The molecule has 0 radical (unpaired) electrons. The summed E-state index contributed by atoms with van der Waals surface area (Å²) >= 11 is 5.78. The molecule has 0 saturated heterocycles. The van der Waals surface area contributed by atoms with Crippen molar-refractivity contribution in [1.82, 2.24) is 5.32 Å². The lowest BCUT2D eigenvalue weighted by Crippen LogP contribution is -2.38. The van der Waals surface area contributed by atoms with E-state index in [-0.39, 0.29) is 22.3 Å². The Balaban J connectivity index is 2.97. The first kappa shape index (κ1) is 16.4. The molecule has 0 saturated carbocycles. The van der Waals surface area contributed by atoms with Crippen molar-refractivity contribution in [3.63, 3.8) is 0 Å². The average molecular weight is 301 g/mol. The van der Waals surface area contributed by atoms with E-state index in [1.165, 1.54) is 25.3 Å². The van der Waals surface area contributed by atoms with Gasteiger partial charge in [0.15, 0.2) is 0 Å². The molecule has 1 rings (SSSR count). The van der Waals surface area contributed by atoms with E-state index in [9.17, 15) is 14.9 Å². The first-order valence-electron chi connectivity index (χ1n) is 6.24. The van der Waals surface area contributed by atoms with Gasteiger partial charge in [-0.2, -0.15) is 0 Å². The molecular weight excluding hydrogens is 284 g/mol. The fourth-order valence-corrected chi connectivity index (χ4v) is 2.14. The number of nitrogens with zero attached hydrogens (tertiary/aromatic N) is 1. The van der Waals surface area contributed by atoms with Crippen LogP contribution in [0, 0.1) is 10.1 Å². The quantitative estimate of drug-likeness (QED) is 0.620. The number of para-hydroxylation sites is 1. The number of methoxy groups -OCH3 is 1. The number of hydrogen-bond donors (Lipinski definition) is 1. The highest BCUT2D eigenvalue weighted by Gasteiger charge is 2.24. The molecule has 0 fully saturated rings. The smallest absolute Gasteiger partial charge is 0.300 e. The third-order valence-electron chi connectivity index (χ3n) is 2.75. The molecule has 1 N–H and O–H groups in total. The fourth-order valence-electron chi connectivity index (χ4n) is 1.89. The predicted octanol–water partition coefficient (Wildman–Crippen LogP) is 2.79. The van der Waals surface area contributed by atoms with Crippen molar-refractivity contribution in [1.29, 1.82) is 0 Å². The second kappa shape index (κ2) is 7.81. The molecule has 0 spiro atoms. The molecule has 6 nitrogen and oxygen atoms in total. The third-order valence-corrected chi connectivity index (χ3v) is 3.06. The largest absolute Gasteiger partial charge is 0.383 e. The van der Waals surface area contributed by atoms with Crippen LogP contribution in [-0.2, 0) is 4.74 Å². The Morgan fingerprint density at radius 3 is 2.80 bits per heavy atom. The molecule has 1 atom stereocenters. The van der Waals surface area contributed by atoms with E-state index in [0.717, 1.165) is 12.8 Å². The van der Waals surface area contributed by atoms with E-state index in [1.54, 1.807) is 0 Å². The monoisotopic (exact) mass is 300 g/mol. The molecule has 0 aliphatic carbocycles. The van der Waals surface area contributed by atoms with Crippen LogP contribution in [0.4, 0.5) is 5.69 Å². The number of halogens is 1. The van der Waals surface area contributed by atoms with E-state index in [1.807, 2.05) is 6.92 Å². The summed E-state index contributed by atoms with van der Waals surface area (Å²) in [5, 5.41) is 13.7. The Kier molecular flexibility index (Phi) is 6.41. The molecule has 0 aliphatic heterocycles. The van der Waals surface area contributed by atoms with Crippen LogP contribution in [0.2, 0.25) is 5.02 Å². The first-order chi connectivity index (χ1) is 9.51. The van der Waals surface area contributed by atoms with E-state index < -0.39 is 10.8 Å². The van der Waals surface area contributed by atoms with Gasteiger partial charge in [-0.05, 0) is 18.6 Å². The van der Waals surface area contributed by atoms with Gasteiger partial charge < -0.3 is 10.1 Å². The number of benzene rings is 1. The van der Waals surface area contributed by atoms with Crippen LogP contribution >= 0.6 is 11.6 Å². The van der Waals surface area contributed by atoms with Crippen molar-refractivity contribution in [2.45, 2.75) is 25.8 Å². The van der Waals surface area contributed by atoms with Crippen LogP contribution in [0.25, 0.3) is 0 Å². The van der Waals surface area contributed by atoms with Gasteiger partial charge in [0.05, 0.1) is 17.6 Å². The molecule has 1 aromatic rings. The van der Waals surface area contributed by atoms with Crippen molar-refractivity contribution in [2.24, 2.45) is 0 Å². The minimum absolute atomic E-state index is 0.0419. The Hall–Kier alpha value is -1.66. The van der Waals surface area contributed by atoms with Crippen LogP contribution in [-0.4, -0.2) is 30.6 Å². The maximum Gasteiger partial charge on any atom is 0.300 e. The number of ether oxygens (including phenoxy) is 1. The Morgan fingerprint density at radius 1 is 1.55 bits per heavy atom. The van der Waals surface area contributed by atoms with Gasteiger partial charge in [-0.25, -0.2) is 0 Å². The zero-order chi connectivity index (χ0) is 15.1. The van der Waals surface area contributed by atoms with Crippen LogP contribution in [0.3, 0.4) is 0 Å². The number of nitro groups is 1. The highest BCUT2D eigenvalue weighted by Crippen LogP contribution is 2.28. The van der Waals surface area contributed by atoms with Crippen molar-refractivity contribution in [3.8, 4) is 0 Å². The molecule has 20 heavy (non-hydrogen) atoms. The lowest BCUT2D eigenvalue weighted by Gasteiger charge is -2.17. The standard InChI is InChI=1S/C13H17ClN2O4/c1-3-5-9(8-20-2)15-13(17)10-6-4-7-11(14)12(10)16(18)19/h4,6-7,9H,3,5,8H2,1-2H3,(H,15,17). The van der Waals surface area contributed by atoms with Gasteiger partial charge in [0.25, 0.3) is 5.91 Å². The minimum Gasteiger partial charge on any atom is -0.383 e. The number of nitrogens with one attached hydrogen (secondary N) is 1. The number of rotatable bonds is 7. The summed E-state index contributed by atoms with van der Waals surface area (Å²) in [7, 11) is 1.54. The van der Waals surface area contributed by atoms with Gasteiger partial charge >= 0.3 is 5.69 Å². The lowest BCUT2D eigenvalue weighted by molar-refractivity contribution is -0.385. The van der Waals surface area contributed by atoms with E-state index in [0.29, 0.717) is 6.61 Å². The Morgan fingerprint density at radius 2 is 2.25 bits per heavy atom. The first-order valence-corrected chi connectivity index (χ1v) is 6.61. The van der Waals surface area contributed by atoms with Gasteiger partial charge in [-0.1, -0.05) is 31.0 Å². The van der Waals surface area contributed by atoms with Crippen LogP contribution < -0.4 is 5.32 Å². The van der Waals surface area contributed by atoms with Crippen molar-refractivity contribution in [2.75, 3.05) is 13.7 Å². The van der Waals surface area contributed by atoms with E-state index >= 15 is 0 Å². The average Bonchev–Trinajstić information content (AvgIpc) is 2.38. The highest BCUT2D eigenvalue weighted by molar-refractivity contribution is 6.33. The summed E-state index contributed by atoms with van der Waals surface area (Å²) in [4.78, 5) is 22.5. The molecule has 0 aromatic heterocycles. The number of hydrogen-bond acceptors (Lipinski definition) is 4. The number of nitro benzene ring substituents is 1. The Bertz CT molecular complexity index is 487. The summed E-state index contributed by atoms with van der Waals surface area (Å²) in [6.45, 7) is 2.34. The predicted molar refractivity (Wildman–Crippen MR) is 76.1 cm³/mol.